The second kappa shape index (κ2) is 6.04. The standard InChI is InChI=1S/C17H14N4O3/c22-16(18-9-13-5-3-7-23-13)10-21-14-6-2-1-4-12(14)8-15(21)17-20-19-11-24-17/h1-8,11H,9-10H2,(H,18,22). The molecule has 0 aliphatic rings. The molecule has 0 saturated heterocycles. The van der Waals surface area contributed by atoms with Gasteiger partial charge in [0.2, 0.25) is 12.3 Å². The molecule has 0 unspecified atom stereocenters. The number of nitrogens with one attached hydrogen (secondary N) is 1. The van der Waals surface area contributed by atoms with Gasteiger partial charge >= 0.3 is 0 Å². The van der Waals surface area contributed by atoms with E-state index in [1.165, 1.54) is 6.39 Å². The Morgan fingerprint density at radius 2 is 2.08 bits per heavy atom. The molecule has 1 aromatic carbocycles. The topological polar surface area (TPSA) is 86.1 Å². The van der Waals surface area contributed by atoms with Crippen molar-refractivity contribution in [1.29, 1.82) is 0 Å². The number of amides is 1. The van der Waals surface area contributed by atoms with E-state index in [0.29, 0.717) is 23.9 Å². The van der Waals surface area contributed by atoms with Gasteiger partial charge in [-0.05, 0) is 24.3 Å². The fourth-order valence-corrected chi connectivity index (χ4v) is 2.64. The SMILES string of the molecule is O=C(Cn1c(-c2nnco2)cc2ccccc21)NCc1ccco1. The first-order valence-electron chi connectivity index (χ1n) is 7.45. The highest BCUT2D eigenvalue weighted by atomic mass is 16.4. The summed E-state index contributed by atoms with van der Waals surface area (Å²) in [4.78, 5) is 12.3. The molecular formula is C17H14N4O3. The molecule has 4 rings (SSSR count). The maximum absolute atomic E-state index is 12.3. The van der Waals surface area contributed by atoms with Crippen molar-refractivity contribution in [2.75, 3.05) is 0 Å². The molecule has 0 spiro atoms. The highest BCUT2D eigenvalue weighted by Gasteiger charge is 2.16. The van der Waals surface area contributed by atoms with Crippen molar-refractivity contribution in [3.8, 4) is 11.6 Å². The molecule has 7 heteroatoms. The van der Waals surface area contributed by atoms with Crippen molar-refractivity contribution in [3.63, 3.8) is 0 Å². The number of fused-ring (bicyclic) bond motifs is 1. The van der Waals surface area contributed by atoms with Crippen molar-refractivity contribution in [2.24, 2.45) is 0 Å². The smallest absolute Gasteiger partial charge is 0.264 e. The van der Waals surface area contributed by atoms with Crippen LogP contribution in [0.25, 0.3) is 22.5 Å². The van der Waals surface area contributed by atoms with Crippen LogP contribution >= 0.6 is 0 Å². The lowest BCUT2D eigenvalue weighted by atomic mass is 10.2. The lowest BCUT2D eigenvalue weighted by molar-refractivity contribution is -0.121. The molecule has 1 N–H and O–H groups in total. The molecule has 0 atom stereocenters. The first-order valence-corrected chi connectivity index (χ1v) is 7.45. The normalized spacial score (nSPS) is 11.0. The monoisotopic (exact) mass is 322 g/mol. The Morgan fingerprint density at radius 3 is 2.88 bits per heavy atom. The van der Waals surface area contributed by atoms with E-state index in [4.69, 9.17) is 8.83 Å². The summed E-state index contributed by atoms with van der Waals surface area (Å²) in [5, 5.41) is 11.5. The van der Waals surface area contributed by atoms with E-state index < -0.39 is 0 Å². The summed E-state index contributed by atoms with van der Waals surface area (Å²) in [6, 6.07) is 13.3. The number of para-hydroxylation sites is 1. The molecule has 0 radical (unpaired) electrons. The van der Waals surface area contributed by atoms with Gasteiger partial charge in [-0.2, -0.15) is 0 Å². The Hall–Kier alpha value is -3.35. The average molecular weight is 322 g/mol. The molecule has 0 bridgehead atoms. The zero-order valence-electron chi connectivity index (χ0n) is 12.7. The third-order valence-corrected chi connectivity index (χ3v) is 3.73. The highest BCUT2D eigenvalue weighted by Crippen LogP contribution is 2.26. The summed E-state index contributed by atoms with van der Waals surface area (Å²) in [6.07, 6.45) is 2.85. The number of furan rings is 1. The molecule has 3 aromatic heterocycles. The summed E-state index contributed by atoms with van der Waals surface area (Å²) in [7, 11) is 0. The molecule has 120 valence electrons. The van der Waals surface area contributed by atoms with Crippen LogP contribution in [0.15, 0.2) is 64.0 Å². The van der Waals surface area contributed by atoms with Crippen molar-refractivity contribution in [1.82, 2.24) is 20.1 Å². The molecule has 3 heterocycles. The van der Waals surface area contributed by atoms with E-state index >= 15 is 0 Å². The first-order chi connectivity index (χ1) is 11.8. The van der Waals surface area contributed by atoms with Crippen LogP contribution in [-0.4, -0.2) is 20.7 Å². The fraction of sp³-hybridized carbons (Fsp3) is 0.118. The molecule has 1 amide bonds. The van der Waals surface area contributed by atoms with Gasteiger partial charge in [0, 0.05) is 10.9 Å². The predicted molar refractivity (Wildman–Crippen MR) is 85.8 cm³/mol. The van der Waals surface area contributed by atoms with Gasteiger partial charge in [0.05, 0.1) is 12.8 Å². The number of aromatic nitrogens is 3. The minimum Gasteiger partial charge on any atom is -0.467 e. The molecule has 4 aromatic rings. The second-order valence-electron chi connectivity index (χ2n) is 5.27. The van der Waals surface area contributed by atoms with E-state index in [1.54, 1.807) is 12.3 Å². The zero-order valence-corrected chi connectivity index (χ0v) is 12.7. The summed E-state index contributed by atoms with van der Waals surface area (Å²) in [6.45, 7) is 0.493. The molecule has 0 fully saturated rings. The largest absolute Gasteiger partial charge is 0.467 e. The molecule has 0 aliphatic heterocycles. The second-order valence-corrected chi connectivity index (χ2v) is 5.27. The Labute approximate surface area is 136 Å². The summed E-state index contributed by atoms with van der Waals surface area (Å²) >= 11 is 0. The number of rotatable bonds is 5. The predicted octanol–water partition coefficient (Wildman–Crippen LogP) is 2.60. The Balaban J connectivity index is 1.62. The van der Waals surface area contributed by atoms with Crippen LogP contribution in [0.4, 0.5) is 0 Å². The minimum atomic E-state index is -0.131. The lowest BCUT2D eigenvalue weighted by Crippen LogP contribution is -2.27. The van der Waals surface area contributed by atoms with Gasteiger partial charge in [0.25, 0.3) is 5.89 Å². The van der Waals surface area contributed by atoms with Crippen LogP contribution in [0.1, 0.15) is 5.76 Å². The number of nitrogens with zero attached hydrogens (tertiary/aromatic N) is 3. The van der Waals surface area contributed by atoms with Crippen molar-refractivity contribution in [2.45, 2.75) is 13.1 Å². The Bertz CT molecular complexity index is 955. The molecule has 7 nitrogen and oxygen atoms in total. The molecule has 0 aliphatic carbocycles. The number of hydrogen-bond acceptors (Lipinski definition) is 5. The van der Waals surface area contributed by atoms with Gasteiger partial charge in [0.15, 0.2) is 0 Å². The number of benzene rings is 1. The maximum Gasteiger partial charge on any atom is 0.264 e. The van der Waals surface area contributed by atoms with Crippen LogP contribution in [0.2, 0.25) is 0 Å². The summed E-state index contributed by atoms with van der Waals surface area (Å²) in [5.74, 6) is 0.955. The first kappa shape index (κ1) is 14.3. The van der Waals surface area contributed by atoms with E-state index in [9.17, 15) is 4.79 Å². The van der Waals surface area contributed by atoms with E-state index in [-0.39, 0.29) is 12.5 Å². The third kappa shape index (κ3) is 2.67. The quantitative estimate of drug-likeness (QED) is 0.610. The van der Waals surface area contributed by atoms with Gasteiger partial charge in [-0.25, -0.2) is 0 Å². The Morgan fingerprint density at radius 1 is 1.17 bits per heavy atom. The maximum atomic E-state index is 12.3. The van der Waals surface area contributed by atoms with Crippen LogP contribution in [-0.2, 0) is 17.9 Å². The van der Waals surface area contributed by atoms with E-state index in [2.05, 4.69) is 15.5 Å². The van der Waals surface area contributed by atoms with Gasteiger partial charge < -0.3 is 18.7 Å². The Kier molecular flexibility index (Phi) is 3.59. The zero-order chi connectivity index (χ0) is 16.4. The van der Waals surface area contributed by atoms with Gasteiger partial charge in [-0.3, -0.25) is 4.79 Å². The van der Waals surface area contributed by atoms with Crippen LogP contribution < -0.4 is 5.32 Å². The number of carbonyl (C=O) groups excluding carboxylic acids is 1. The van der Waals surface area contributed by atoms with Gasteiger partial charge in [-0.15, -0.1) is 10.2 Å². The highest BCUT2D eigenvalue weighted by molar-refractivity contribution is 5.88. The lowest BCUT2D eigenvalue weighted by Gasteiger charge is -2.09. The van der Waals surface area contributed by atoms with Crippen LogP contribution in [0, 0.1) is 0 Å². The minimum absolute atomic E-state index is 0.131. The van der Waals surface area contributed by atoms with Gasteiger partial charge in [0.1, 0.15) is 18.0 Å². The number of hydrogen-bond donors (Lipinski definition) is 1. The van der Waals surface area contributed by atoms with E-state index in [1.807, 2.05) is 41.0 Å². The van der Waals surface area contributed by atoms with Crippen molar-refractivity contribution >= 4 is 16.8 Å². The summed E-state index contributed by atoms with van der Waals surface area (Å²) in [5.41, 5.74) is 1.64. The number of carbonyl (C=O) groups is 1. The van der Waals surface area contributed by atoms with Crippen LogP contribution in [0.3, 0.4) is 0 Å². The van der Waals surface area contributed by atoms with E-state index in [0.717, 1.165) is 10.9 Å². The summed E-state index contributed by atoms with van der Waals surface area (Å²) < 4.78 is 12.4. The molecule has 24 heavy (non-hydrogen) atoms. The molecule has 0 saturated carbocycles. The van der Waals surface area contributed by atoms with Gasteiger partial charge in [-0.1, -0.05) is 18.2 Å². The van der Waals surface area contributed by atoms with Crippen LogP contribution in [0.5, 0.6) is 0 Å². The van der Waals surface area contributed by atoms with Crippen molar-refractivity contribution < 1.29 is 13.6 Å². The third-order valence-electron chi connectivity index (χ3n) is 3.73. The molecular weight excluding hydrogens is 308 g/mol. The fourth-order valence-electron chi connectivity index (χ4n) is 2.64. The van der Waals surface area contributed by atoms with Crippen molar-refractivity contribution in [3.05, 3.63) is 60.9 Å². The average Bonchev–Trinajstić information content (AvgIpc) is 3.34.